The Labute approximate surface area is 90.5 Å². The van der Waals surface area contributed by atoms with Crippen molar-refractivity contribution >= 4 is 0 Å². The van der Waals surface area contributed by atoms with Gasteiger partial charge in [0.2, 0.25) is 0 Å². The highest BCUT2D eigenvalue weighted by atomic mass is 14.2. The Bertz CT molecular complexity index is 124. The quantitative estimate of drug-likeness (QED) is 0.470. The van der Waals surface area contributed by atoms with E-state index in [4.69, 9.17) is 0 Å². The molecule has 0 bridgehead atoms. The average Bonchev–Trinajstić information content (AvgIpc) is 2.11. The van der Waals surface area contributed by atoms with Crippen LogP contribution in [0, 0.1) is 11.8 Å². The van der Waals surface area contributed by atoms with E-state index in [-0.39, 0.29) is 0 Å². The number of hydrogen-bond donors (Lipinski definition) is 0. The third-order valence-corrected chi connectivity index (χ3v) is 3.76. The molecule has 1 unspecified atom stereocenters. The van der Waals surface area contributed by atoms with E-state index in [1.54, 1.807) is 0 Å². The van der Waals surface area contributed by atoms with Crippen LogP contribution in [0.25, 0.3) is 0 Å². The predicted molar refractivity (Wildman–Crippen MR) is 64.5 cm³/mol. The molecule has 0 nitrogen and oxygen atoms in total. The summed E-state index contributed by atoms with van der Waals surface area (Å²) in [5.41, 5.74) is 0. The Kier molecular flexibility index (Phi) is 6.31. The maximum absolute atomic E-state index is 2.46. The van der Waals surface area contributed by atoms with Crippen LogP contribution in [0.3, 0.4) is 0 Å². The van der Waals surface area contributed by atoms with Crippen LogP contribution in [0.2, 0.25) is 0 Å². The average molecular weight is 196 g/mol. The van der Waals surface area contributed by atoms with Gasteiger partial charge in [-0.1, -0.05) is 71.6 Å². The Hall–Kier alpha value is 0. The van der Waals surface area contributed by atoms with E-state index in [9.17, 15) is 0 Å². The van der Waals surface area contributed by atoms with E-state index >= 15 is 0 Å². The Morgan fingerprint density at radius 2 is 1.79 bits per heavy atom. The van der Waals surface area contributed by atoms with Gasteiger partial charge in [0, 0.05) is 0 Å². The molecule has 1 saturated carbocycles. The highest BCUT2D eigenvalue weighted by molar-refractivity contribution is 4.71. The van der Waals surface area contributed by atoms with Gasteiger partial charge in [0.05, 0.1) is 0 Å². The summed E-state index contributed by atoms with van der Waals surface area (Å²) in [7, 11) is 0. The molecule has 1 aliphatic rings. The van der Waals surface area contributed by atoms with Gasteiger partial charge >= 0.3 is 0 Å². The molecule has 1 rings (SSSR count). The van der Waals surface area contributed by atoms with Crippen molar-refractivity contribution in [1.82, 2.24) is 0 Å². The van der Waals surface area contributed by atoms with Crippen LogP contribution in [0.15, 0.2) is 0 Å². The van der Waals surface area contributed by atoms with E-state index in [1.165, 1.54) is 64.2 Å². The smallest absolute Gasteiger partial charge is 0.0412 e. The molecule has 0 saturated heterocycles. The topological polar surface area (TPSA) is 0 Å². The lowest BCUT2D eigenvalue weighted by atomic mass is 9.78. The maximum Gasteiger partial charge on any atom is -0.0412 e. The van der Waals surface area contributed by atoms with E-state index in [0.29, 0.717) is 0 Å². The molecule has 0 aromatic heterocycles. The van der Waals surface area contributed by atoms with Crippen molar-refractivity contribution in [3.05, 3.63) is 0 Å². The van der Waals surface area contributed by atoms with Crippen molar-refractivity contribution in [2.75, 3.05) is 0 Å². The summed E-state index contributed by atoms with van der Waals surface area (Å²) in [6.07, 6.45) is 14.8. The summed E-state index contributed by atoms with van der Waals surface area (Å²) in [5, 5.41) is 0. The SMILES string of the molecule is CCCCCCCC(C)CC1CCC1. The molecule has 84 valence electrons. The normalized spacial score (nSPS) is 19.3. The fourth-order valence-electron chi connectivity index (χ4n) is 2.51. The standard InChI is InChI=1S/C14H28/c1-3-4-5-6-7-9-13(2)12-14-10-8-11-14/h13-14H,3-12H2,1-2H3. The Morgan fingerprint density at radius 3 is 2.36 bits per heavy atom. The summed E-state index contributed by atoms with van der Waals surface area (Å²) in [5.74, 6) is 2.11. The van der Waals surface area contributed by atoms with E-state index in [2.05, 4.69) is 13.8 Å². The molecule has 0 aromatic rings. The Morgan fingerprint density at radius 1 is 1.07 bits per heavy atom. The lowest BCUT2D eigenvalue weighted by Crippen LogP contribution is -2.14. The minimum atomic E-state index is 1.00. The van der Waals surface area contributed by atoms with Crippen molar-refractivity contribution in [3.8, 4) is 0 Å². The molecule has 0 heteroatoms. The first-order chi connectivity index (χ1) is 6.83. The van der Waals surface area contributed by atoms with Crippen molar-refractivity contribution in [1.29, 1.82) is 0 Å². The molecule has 14 heavy (non-hydrogen) atoms. The molecule has 0 aliphatic heterocycles. The molecule has 1 atom stereocenters. The van der Waals surface area contributed by atoms with Crippen LogP contribution in [-0.4, -0.2) is 0 Å². The van der Waals surface area contributed by atoms with Gasteiger partial charge in [0.25, 0.3) is 0 Å². The number of unbranched alkanes of at least 4 members (excludes halogenated alkanes) is 4. The summed E-state index contributed by atoms with van der Waals surface area (Å²) in [4.78, 5) is 0. The molecule has 1 aliphatic carbocycles. The van der Waals surface area contributed by atoms with Crippen LogP contribution >= 0.6 is 0 Å². The van der Waals surface area contributed by atoms with Crippen molar-refractivity contribution in [2.24, 2.45) is 11.8 Å². The predicted octanol–water partition coefficient (Wildman–Crippen LogP) is 5.17. The third kappa shape index (κ3) is 5.02. The fraction of sp³-hybridized carbons (Fsp3) is 1.00. The van der Waals surface area contributed by atoms with E-state index in [0.717, 1.165) is 11.8 Å². The molecule has 0 radical (unpaired) electrons. The lowest BCUT2D eigenvalue weighted by Gasteiger charge is -2.28. The van der Waals surface area contributed by atoms with Gasteiger partial charge in [-0.3, -0.25) is 0 Å². The van der Waals surface area contributed by atoms with Gasteiger partial charge in [0.1, 0.15) is 0 Å². The van der Waals surface area contributed by atoms with Gasteiger partial charge in [-0.15, -0.1) is 0 Å². The number of hydrogen-bond acceptors (Lipinski definition) is 0. The van der Waals surface area contributed by atoms with E-state index in [1.807, 2.05) is 0 Å². The molecule has 0 aromatic carbocycles. The monoisotopic (exact) mass is 196 g/mol. The maximum atomic E-state index is 2.46. The molecule has 1 fully saturated rings. The first-order valence-electron chi connectivity index (χ1n) is 6.83. The highest BCUT2D eigenvalue weighted by Gasteiger charge is 2.19. The zero-order valence-corrected chi connectivity index (χ0v) is 10.2. The third-order valence-electron chi connectivity index (χ3n) is 3.76. The molecule has 0 N–H and O–H groups in total. The van der Waals surface area contributed by atoms with Crippen LogP contribution in [0.4, 0.5) is 0 Å². The second-order valence-corrected chi connectivity index (χ2v) is 5.34. The summed E-state index contributed by atoms with van der Waals surface area (Å²) < 4.78 is 0. The van der Waals surface area contributed by atoms with Crippen molar-refractivity contribution < 1.29 is 0 Å². The van der Waals surface area contributed by atoms with Gasteiger partial charge in [-0.25, -0.2) is 0 Å². The molecule has 0 heterocycles. The molecular formula is C14H28. The van der Waals surface area contributed by atoms with Gasteiger partial charge < -0.3 is 0 Å². The highest BCUT2D eigenvalue weighted by Crippen LogP contribution is 2.33. The summed E-state index contributed by atoms with van der Waals surface area (Å²) in [6.45, 7) is 4.75. The molecular weight excluding hydrogens is 168 g/mol. The molecule has 0 spiro atoms. The first-order valence-corrected chi connectivity index (χ1v) is 6.83. The summed E-state index contributed by atoms with van der Waals surface area (Å²) >= 11 is 0. The zero-order valence-electron chi connectivity index (χ0n) is 10.2. The second-order valence-electron chi connectivity index (χ2n) is 5.34. The van der Waals surface area contributed by atoms with Crippen molar-refractivity contribution in [2.45, 2.75) is 78.1 Å². The van der Waals surface area contributed by atoms with Crippen LogP contribution in [0.1, 0.15) is 78.1 Å². The second kappa shape index (κ2) is 7.31. The zero-order chi connectivity index (χ0) is 10.2. The fourth-order valence-corrected chi connectivity index (χ4v) is 2.51. The minimum Gasteiger partial charge on any atom is -0.0654 e. The number of rotatable bonds is 8. The largest absolute Gasteiger partial charge is 0.0654 e. The Balaban J connectivity index is 1.84. The van der Waals surface area contributed by atoms with Crippen LogP contribution in [0.5, 0.6) is 0 Å². The lowest BCUT2D eigenvalue weighted by molar-refractivity contribution is 0.248. The molecule has 0 amide bonds. The minimum absolute atomic E-state index is 1.00. The first kappa shape index (κ1) is 12.1. The van der Waals surface area contributed by atoms with Crippen molar-refractivity contribution in [3.63, 3.8) is 0 Å². The van der Waals surface area contributed by atoms with Gasteiger partial charge in [0.15, 0.2) is 0 Å². The van der Waals surface area contributed by atoms with Gasteiger partial charge in [-0.05, 0) is 18.3 Å². The van der Waals surface area contributed by atoms with Crippen LogP contribution in [-0.2, 0) is 0 Å². The summed E-state index contributed by atoms with van der Waals surface area (Å²) in [6, 6.07) is 0. The van der Waals surface area contributed by atoms with Crippen LogP contribution < -0.4 is 0 Å². The van der Waals surface area contributed by atoms with Gasteiger partial charge in [-0.2, -0.15) is 0 Å². The van der Waals surface area contributed by atoms with E-state index < -0.39 is 0 Å².